The van der Waals surface area contributed by atoms with Crippen molar-refractivity contribution in [2.45, 2.75) is 46.6 Å². The Kier molecular flexibility index (Phi) is 5.71. The molecule has 0 bridgehead atoms. The van der Waals surface area contributed by atoms with E-state index >= 15 is 0 Å². The minimum atomic E-state index is 0.581. The van der Waals surface area contributed by atoms with E-state index < -0.39 is 0 Å². The zero-order chi connectivity index (χ0) is 12.0. The third-order valence-corrected chi connectivity index (χ3v) is 3.49. The minimum Gasteiger partial charge on any atom is -0.314 e. The Morgan fingerprint density at radius 3 is 2.62 bits per heavy atom. The van der Waals surface area contributed by atoms with Gasteiger partial charge >= 0.3 is 0 Å². The number of allylic oxidation sites excluding steroid dienone is 1. The predicted octanol–water partition coefficient (Wildman–Crippen LogP) is 3.25. The molecule has 1 rings (SSSR count). The summed E-state index contributed by atoms with van der Waals surface area (Å²) in [7, 11) is 0. The molecule has 0 saturated carbocycles. The first-order valence-electron chi connectivity index (χ1n) is 5.91. The zero-order valence-electron chi connectivity index (χ0n) is 10.7. The number of nitrogens with one attached hydrogen (secondary N) is 1. The van der Waals surface area contributed by atoms with Crippen molar-refractivity contribution in [2.24, 2.45) is 0 Å². The highest BCUT2D eigenvalue weighted by molar-refractivity contribution is 7.11. The van der Waals surface area contributed by atoms with Crippen molar-refractivity contribution >= 4 is 11.3 Å². The summed E-state index contributed by atoms with van der Waals surface area (Å²) in [6.45, 7) is 9.61. The summed E-state index contributed by atoms with van der Waals surface area (Å²) in [5, 5.41) is 4.62. The van der Waals surface area contributed by atoms with Crippen LogP contribution in [0.3, 0.4) is 0 Å². The van der Waals surface area contributed by atoms with Gasteiger partial charge in [0, 0.05) is 17.3 Å². The number of nitrogens with zero attached hydrogens (tertiary/aromatic N) is 1. The van der Waals surface area contributed by atoms with Crippen molar-refractivity contribution in [2.75, 3.05) is 6.54 Å². The molecule has 1 N–H and O–H groups in total. The van der Waals surface area contributed by atoms with Gasteiger partial charge in [0.05, 0.1) is 10.7 Å². The summed E-state index contributed by atoms with van der Waals surface area (Å²) in [6.07, 6.45) is 6.53. The van der Waals surface area contributed by atoms with Crippen molar-refractivity contribution in [1.29, 1.82) is 0 Å². The molecule has 0 fully saturated rings. The third kappa shape index (κ3) is 4.90. The lowest BCUT2D eigenvalue weighted by atomic mass is 10.3. The average Bonchev–Trinajstić information content (AvgIpc) is 2.52. The Morgan fingerprint density at radius 1 is 1.31 bits per heavy atom. The van der Waals surface area contributed by atoms with Gasteiger partial charge in [-0.1, -0.05) is 26.0 Å². The van der Waals surface area contributed by atoms with Crippen molar-refractivity contribution in [3.8, 4) is 0 Å². The van der Waals surface area contributed by atoms with Crippen LogP contribution in [0.25, 0.3) is 0 Å². The molecule has 0 aliphatic heterocycles. The molecular weight excluding hydrogens is 216 g/mol. The Morgan fingerprint density at radius 2 is 2.06 bits per heavy atom. The fraction of sp³-hybridized carbons (Fsp3) is 0.615. The van der Waals surface area contributed by atoms with Crippen LogP contribution in [0, 0.1) is 13.8 Å². The molecule has 0 aliphatic rings. The molecule has 90 valence electrons. The zero-order valence-corrected chi connectivity index (χ0v) is 11.5. The number of aromatic nitrogens is 1. The monoisotopic (exact) mass is 238 g/mol. The Hall–Kier alpha value is -0.670. The molecule has 1 aromatic rings. The number of aryl methyl sites for hydroxylation is 2. The molecule has 0 aromatic carbocycles. The molecule has 2 nitrogen and oxygen atoms in total. The lowest BCUT2D eigenvalue weighted by Crippen LogP contribution is -2.23. The highest BCUT2D eigenvalue weighted by atomic mass is 32.1. The first-order valence-corrected chi connectivity index (χ1v) is 6.72. The van der Waals surface area contributed by atoms with Crippen LogP contribution in [0.5, 0.6) is 0 Å². The lowest BCUT2D eigenvalue weighted by Gasteiger charge is -2.04. The summed E-state index contributed by atoms with van der Waals surface area (Å²) in [4.78, 5) is 5.85. The number of rotatable bonds is 6. The van der Waals surface area contributed by atoms with Gasteiger partial charge in [-0.15, -0.1) is 11.3 Å². The first-order chi connectivity index (χ1) is 7.59. The van der Waals surface area contributed by atoms with Crippen LogP contribution >= 0.6 is 11.3 Å². The van der Waals surface area contributed by atoms with Crippen LogP contribution in [0.4, 0.5) is 0 Å². The van der Waals surface area contributed by atoms with Gasteiger partial charge in [-0.2, -0.15) is 0 Å². The van der Waals surface area contributed by atoms with Gasteiger partial charge in [-0.05, 0) is 26.8 Å². The molecule has 0 unspecified atom stereocenters. The van der Waals surface area contributed by atoms with E-state index in [0.29, 0.717) is 6.04 Å². The topological polar surface area (TPSA) is 24.9 Å². The van der Waals surface area contributed by atoms with Gasteiger partial charge in [0.2, 0.25) is 0 Å². The van der Waals surface area contributed by atoms with Crippen LogP contribution in [0.15, 0.2) is 12.2 Å². The fourth-order valence-electron chi connectivity index (χ4n) is 1.38. The minimum absolute atomic E-state index is 0.581. The Labute approximate surface area is 103 Å². The second-order valence-corrected chi connectivity index (χ2v) is 5.61. The van der Waals surface area contributed by atoms with Crippen molar-refractivity contribution < 1.29 is 0 Å². The number of hydrogen-bond donors (Lipinski definition) is 1. The van der Waals surface area contributed by atoms with Gasteiger partial charge in [0.25, 0.3) is 0 Å². The van der Waals surface area contributed by atoms with Crippen molar-refractivity contribution in [1.82, 2.24) is 10.3 Å². The molecule has 1 aromatic heterocycles. The van der Waals surface area contributed by atoms with Crippen LogP contribution in [-0.2, 0) is 6.42 Å². The van der Waals surface area contributed by atoms with Crippen LogP contribution in [0.2, 0.25) is 0 Å². The largest absolute Gasteiger partial charge is 0.314 e. The molecule has 0 atom stereocenters. The second-order valence-electron chi connectivity index (χ2n) is 4.32. The summed E-state index contributed by atoms with van der Waals surface area (Å²) < 4.78 is 0. The molecule has 0 saturated heterocycles. The van der Waals surface area contributed by atoms with E-state index in [1.165, 1.54) is 15.6 Å². The first kappa shape index (κ1) is 13.4. The van der Waals surface area contributed by atoms with Gasteiger partial charge in [0.15, 0.2) is 0 Å². The second kappa shape index (κ2) is 6.81. The van der Waals surface area contributed by atoms with E-state index in [2.05, 4.69) is 50.1 Å². The highest BCUT2D eigenvalue weighted by Crippen LogP contribution is 2.16. The highest BCUT2D eigenvalue weighted by Gasteiger charge is 2.00. The van der Waals surface area contributed by atoms with E-state index in [-0.39, 0.29) is 0 Å². The Bertz CT molecular complexity index is 320. The van der Waals surface area contributed by atoms with Gasteiger partial charge in [0.1, 0.15) is 0 Å². The molecule has 1 heterocycles. The summed E-state index contributed by atoms with van der Waals surface area (Å²) in [5.41, 5.74) is 1.18. The average molecular weight is 238 g/mol. The maximum atomic E-state index is 4.51. The molecular formula is C13H22N2S. The normalized spacial score (nSPS) is 11.8. The van der Waals surface area contributed by atoms with Crippen LogP contribution in [0.1, 0.15) is 35.8 Å². The quantitative estimate of drug-likeness (QED) is 0.608. The van der Waals surface area contributed by atoms with Gasteiger partial charge < -0.3 is 5.32 Å². The van der Waals surface area contributed by atoms with Gasteiger partial charge in [-0.25, -0.2) is 4.98 Å². The van der Waals surface area contributed by atoms with Crippen molar-refractivity contribution in [3.63, 3.8) is 0 Å². The predicted molar refractivity (Wildman–Crippen MR) is 72.2 cm³/mol. The van der Waals surface area contributed by atoms with E-state index in [4.69, 9.17) is 0 Å². The Balaban J connectivity index is 2.21. The molecule has 3 heteroatoms. The van der Waals surface area contributed by atoms with Crippen LogP contribution < -0.4 is 5.32 Å². The van der Waals surface area contributed by atoms with E-state index in [9.17, 15) is 0 Å². The van der Waals surface area contributed by atoms with Crippen LogP contribution in [-0.4, -0.2) is 17.6 Å². The standard InChI is InChI=1S/C13H22N2S/c1-10(2)14-9-7-5-6-8-13-15-11(3)12(4)16-13/h5-6,10,14H,7-9H2,1-4H3. The summed E-state index contributed by atoms with van der Waals surface area (Å²) in [5.74, 6) is 0. The molecule has 0 aliphatic carbocycles. The molecule has 0 amide bonds. The third-order valence-electron chi connectivity index (χ3n) is 2.40. The lowest BCUT2D eigenvalue weighted by molar-refractivity contribution is 0.594. The number of thiazole rings is 1. The molecule has 16 heavy (non-hydrogen) atoms. The van der Waals surface area contributed by atoms with Gasteiger partial charge in [-0.3, -0.25) is 0 Å². The summed E-state index contributed by atoms with van der Waals surface area (Å²) in [6, 6.07) is 0.581. The molecule has 0 radical (unpaired) electrons. The smallest absolute Gasteiger partial charge is 0.0968 e. The van der Waals surface area contributed by atoms with E-state index in [1.54, 1.807) is 11.3 Å². The maximum Gasteiger partial charge on any atom is 0.0968 e. The van der Waals surface area contributed by atoms with E-state index in [0.717, 1.165) is 19.4 Å². The fourth-order valence-corrected chi connectivity index (χ4v) is 2.29. The van der Waals surface area contributed by atoms with E-state index in [1.807, 2.05) is 0 Å². The van der Waals surface area contributed by atoms with Crippen molar-refractivity contribution in [3.05, 3.63) is 27.7 Å². The molecule has 0 spiro atoms. The summed E-state index contributed by atoms with van der Waals surface area (Å²) >= 11 is 1.81. The maximum absolute atomic E-state index is 4.51. The SMILES string of the molecule is Cc1nc(CC=CCCNC(C)C)sc1C. The number of hydrogen-bond acceptors (Lipinski definition) is 3.